The molecule has 0 bridgehead atoms. The first kappa shape index (κ1) is 8.31. The SMILES string of the molecule is CC(=O)c1ncc2c(n1)CCOC2. The maximum Gasteiger partial charge on any atom is 0.196 e. The molecule has 0 aromatic carbocycles. The van der Waals surface area contributed by atoms with Crippen molar-refractivity contribution in [1.29, 1.82) is 0 Å². The Kier molecular flexibility index (Phi) is 2.06. The second kappa shape index (κ2) is 3.22. The molecule has 0 N–H and O–H groups in total. The summed E-state index contributed by atoms with van der Waals surface area (Å²) in [6.45, 7) is 2.72. The van der Waals surface area contributed by atoms with Gasteiger partial charge < -0.3 is 4.74 Å². The molecule has 2 heterocycles. The van der Waals surface area contributed by atoms with Crippen LogP contribution in [-0.4, -0.2) is 22.4 Å². The van der Waals surface area contributed by atoms with Gasteiger partial charge in [-0.2, -0.15) is 0 Å². The highest BCUT2D eigenvalue weighted by molar-refractivity contribution is 5.90. The summed E-state index contributed by atoms with van der Waals surface area (Å²) in [5.41, 5.74) is 1.95. The number of ketones is 1. The van der Waals surface area contributed by atoms with Crippen molar-refractivity contribution in [2.45, 2.75) is 20.0 Å². The van der Waals surface area contributed by atoms with Crippen LogP contribution in [-0.2, 0) is 17.8 Å². The number of fused-ring (bicyclic) bond motifs is 1. The zero-order chi connectivity index (χ0) is 9.26. The number of carbonyl (C=O) groups excluding carboxylic acids is 1. The van der Waals surface area contributed by atoms with Crippen LogP contribution in [0.15, 0.2) is 6.20 Å². The van der Waals surface area contributed by atoms with Crippen molar-refractivity contribution in [3.05, 3.63) is 23.3 Å². The van der Waals surface area contributed by atoms with Crippen LogP contribution in [0.2, 0.25) is 0 Å². The Morgan fingerprint density at radius 3 is 3.23 bits per heavy atom. The fourth-order valence-electron chi connectivity index (χ4n) is 1.30. The van der Waals surface area contributed by atoms with Gasteiger partial charge in [-0.25, -0.2) is 9.97 Å². The van der Waals surface area contributed by atoms with E-state index in [1.165, 1.54) is 6.92 Å². The molecule has 4 nitrogen and oxygen atoms in total. The molecule has 0 amide bonds. The van der Waals surface area contributed by atoms with Crippen molar-refractivity contribution in [2.24, 2.45) is 0 Å². The van der Waals surface area contributed by atoms with Gasteiger partial charge in [-0.15, -0.1) is 0 Å². The van der Waals surface area contributed by atoms with Gasteiger partial charge in [-0.1, -0.05) is 0 Å². The predicted molar refractivity (Wildman–Crippen MR) is 45.4 cm³/mol. The van der Waals surface area contributed by atoms with Gasteiger partial charge in [0.15, 0.2) is 11.6 Å². The first-order chi connectivity index (χ1) is 6.27. The van der Waals surface area contributed by atoms with Gasteiger partial charge in [0.1, 0.15) is 0 Å². The number of carbonyl (C=O) groups is 1. The minimum atomic E-state index is -0.0886. The Labute approximate surface area is 76.0 Å². The first-order valence-corrected chi connectivity index (χ1v) is 4.21. The van der Waals surface area contributed by atoms with Crippen LogP contribution in [0.5, 0.6) is 0 Å². The third kappa shape index (κ3) is 1.58. The molecular weight excluding hydrogens is 168 g/mol. The monoisotopic (exact) mass is 178 g/mol. The van der Waals surface area contributed by atoms with Gasteiger partial charge in [0.2, 0.25) is 0 Å². The van der Waals surface area contributed by atoms with Crippen LogP contribution >= 0.6 is 0 Å². The van der Waals surface area contributed by atoms with E-state index in [0.29, 0.717) is 19.0 Å². The summed E-state index contributed by atoms with van der Waals surface area (Å²) in [5, 5.41) is 0. The molecule has 0 fully saturated rings. The van der Waals surface area contributed by atoms with Crippen molar-refractivity contribution in [2.75, 3.05) is 6.61 Å². The van der Waals surface area contributed by atoms with Crippen LogP contribution in [0.1, 0.15) is 28.8 Å². The first-order valence-electron chi connectivity index (χ1n) is 4.21. The molecule has 1 aromatic heterocycles. The molecular formula is C9H10N2O2. The van der Waals surface area contributed by atoms with Crippen molar-refractivity contribution >= 4 is 5.78 Å². The number of hydrogen-bond donors (Lipinski definition) is 0. The molecule has 13 heavy (non-hydrogen) atoms. The Morgan fingerprint density at radius 1 is 1.62 bits per heavy atom. The summed E-state index contributed by atoms with van der Waals surface area (Å²) in [4.78, 5) is 19.1. The van der Waals surface area contributed by atoms with Crippen molar-refractivity contribution < 1.29 is 9.53 Å². The van der Waals surface area contributed by atoms with Crippen LogP contribution in [0.25, 0.3) is 0 Å². The number of nitrogens with zero attached hydrogens (tertiary/aromatic N) is 2. The van der Waals surface area contributed by atoms with Gasteiger partial charge in [0.25, 0.3) is 0 Å². The highest BCUT2D eigenvalue weighted by Crippen LogP contribution is 2.13. The molecule has 1 aromatic rings. The van der Waals surface area contributed by atoms with Crippen LogP contribution in [0.3, 0.4) is 0 Å². The van der Waals surface area contributed by atoms with Gasteiger partial charge >= 0.3 is 0 Å². The molecule has 68 valence electrons. The molecule has 4 heteroatoms. The fraction of sp³-hybridized carbons (Fsp3) is 0.444. The molecule has 0 saturated carbocycles. The van der Waals surface area contributed by atoms with E-state index >= 15 is 0 Å². The quantitative estimate of drug-likeness (QED) is 0.595. The molecule has 0 aliphatic carbocycles. The molecule has 0 atom stereocenters. The molecule has 0 saturated heterocycles. The molecule has 0 spiro atoms. The number of hydrogen-bond acceptors (Lipinski definition) is 4. The number of Topliss-reactive ketones (excluding diaryl/α,β-unsaturated/α-hetero) is 1. The van der Waals surface area contributed by atoms with Gasteiger partial charge in [0, 0.05) is 25.1 Å². The van der Waals surface area contributed by atoms with Crippen LogP contribution in [0.4, 0.5) is 0 Å². The molecule has 2 rings (SSSR count). The summed E-state index contributed by atoms with van der Waals surface area (Å²) < 4.78 is 5.23. The zero-order valence-corrected chi connectivity index (χ0v) is 7.41. The maximum absolute atomic E-state index is 11.0. The Hall–Kier alpha value is -1.29. The van der Waals surface area contributed by atoms with E-state index < -0.39 is 0 Å². The highest BCUT2D eigenvalue weighted by Gasteiger charge is 2.13. The van der Waals surface area contributed by atoms with Crippen LogP contribution < -0.4 is 0 Å². The lowest BCUT2D eigenvalue weighted by Gasteiger charge is -2.14. The fourth-order valence-corrected chi connectivity index (χ4v) is 1.30. The van der Waals surface area contributed by atoms with E-state index in [0.717, 1.165) is 17.7 Å². The number of rotatable bonds is 1. The van der Waals surface area contributed by atoms with Gasteiger partial charge in [0.05, 0.1) is 18.9 Å². The molecule has 0 radical (unpaired) electrons. The third-order valence-electron chi connectivity index (χ3n) is 2.01. The number of ether oxygens (including phenoxy) is 1. The maximum atomic E-state index is 11.0. The standard InChI is InChI=1S/C9H10N2O2/c1-6(12)9-10-4-7-5-13-3-2-8(7)11-9/h4H,2-3,5H2,1H3. The van der Waals surface area contributed by atoms with Crippen molar-refractivity contribution in [1.82, 2.24) is 9.97 Å². The van der Waals surface area contributed by atoms with Crippen molar-refractivity contribution in [3.8, 4) is 0 Å². The van der Waals surface area contributed by atoms with E-state index in [2.05, 4.69) is 9.97 Å². The normalized spacial score (nSPS) is 15.2. The van der Waals surface area contributed by atoms with Crippen LogP contribution in [0, 0.1) is 0 Å². The molecule has 0 unspecified atom stereocenters. The smallest absolute Gasteiger partial charge is 0.196 e. The minimum Gasteiger partial charge on any atom is -0.376 e. The minimum absolute atomic E-state index is 0.0886. The Bertz CT molecular complexity index is 349. The lowest BCUT2D eigenvalue weighted by Crippen LogP contribution is -2.15. The van der Waals surface area contributed by atoms with Gasteiger partial charge in [-0.3, -0.25) is 4.79 Å². The predicted octanol–water partition coefficient (Wildman–Crippen LogP) is 0.752. The van der Waals surface area contributed by atoms with E-state index in [9.17, 15) is 4.79 Å². The summed E-state index contributed by atoms with van der Waals surface area (Å²) in [7, 11) is 0. The van der Waals surface area contributed by atoms with E-state index in [1.807, 2.05) is 0 Å². The lowest BCUT2D eigenvalue weighted by molar-refractivity contribution is 0.0992. The topological polar surface area (TPSA) is 52.1 Å². The van der Waals surface area contributed by atoms with Crippen molar-refractivity contribution in [3.63, 3.8) is 0 Å². The second-order valence-electron chi connectivity index (χ2n) is 3.02. The Morgan fingerprint density at radius 2 is 2.46 bits per heavy atom. The van der Waals surface area contributed by atoms with Gasteiger partial charge in [-0.05, 0) is 0 Å². The summed E-state index contributed by atoms with van der Waals surface area (Å²) in [5.74, 6) is 0.218. The average molecular weight is 178 g/mol. The molecule has 1 aliphatic heterocycles. The Balaban J connectivity index is 2.40. The van der Waals surface area contributed by atoms with E-state index in [1.54, 1.807) is 6.20 Å². The van der Waals surface area contributed by atoms with E-state index in [4.69, 9.17) is 4.74 Å². The largest absolute Gasteiger partial charge is 0.376 e. The number of aromatic nitrogens is 2. The van der Waals surface area contributed by atoms with E-state index in [-0.39, 0.29) is 5.78 Å². The average Bonchev–Trinajstić information content (AvgIpc) is 2.17. The highest BCUT2D eigenvalue weighted by atomic mass is 16.5. The summed E-state index contributed by atoms with van der Waals surface area (Å²) in [6.07, 6.45) is 2.45. The summed E-state index contributed by atoms with van der Waals surface area (Å²) >= 11 is 0. The second-order valence-corrected chi connectivity index (χ2v) is 3.02. The third-order valence-corrected chi connectivity index (χ3v) is 2.01. The summed E-state index contributed by atoms with van der Waals surface area (Å²) in [6, 6.07) is 0. The molecule has 1 aliphatic rings. The lowest BCUT2D eigenvalue weighted by atomic mass is 10.1. The zero-order valence-electron chi connectivity index (χ0n) is 7.41.